The Bertz CT molecular complexity index is 843. The summed E-state index contributed by atoms with van der Waals surface area (Å²) in [5.74, 6) is 1.24. The Balaban J connectivity index is 1.63. The van der Waals surface area contributed by atoms with E-state index in [2.05, 4.69) is 16.8 Å². The van der Waals surface area contributed by atoms with Crippen molar-refractivity contribution in [2.75, 3.05) is 39.9 Å². The molecule has 2 unspecified atom stereocenters. The lowest BCUT2D eigenvalue weighted by Crippen LogP contribution is -2.49. The number of piperazine rings is 1. The quantitative estimate of drug-likeness (QED) is 0.686. The van der Waals surface area contributed by atoms with Gasteiger partial charge in [-0.05, 0) is 36.2 Å². The Labute approximate surface area is 177 Å². The van der Waals surface area contributed by atoms with Crippen molar-refractivity contribution in [1.82, 2.24) is 10.2 Å². The highest BCUT2D eigenvalue weighted by molar-refractivity contribution is 6.31. The molecule has 2 N–H and O–H groups in total. The maximum Gasteiger partial charge on any atom is 0.161 e. The van der Waals surface area contributed by atoms with Gasteiger partial charge in [0.15, 0.2) is 11.5 Å². The number of aliphatic hydroxyl groups excluding tert-OH is 1. The number of β-amino-alcohol motifs (C(OH)–C–C–N with tert-alkyl or cyclic N) is 1. The maximum absolute atomic E-state index is 10.6. The van der Waals surface area contributed by atoms with E-state index in [1.807, 2.05) is 49.4 Å². The van der Waals surface area contributed by atoms with Crippen LogP contribution < -0.4 is 14.8 Å². The van der Waals surface area contributed by atoms with E-state index in [-0.39, 0.29) is 12.6 Å². The van der Waals surface area contributed by atoms with Gasteiger partial charge < -0.3 is 19.9 Å². The number of methoxy groups -OCH3 is 1. The molecular formula is C23H29ClN2O3. The predicted molar refractivity (Wildman–Crippen MR) is 118 cm³/mol. The first-order valence-corrected chi connectivity index (χ1v) is 10.2. The van der Waals surface area contributed by atoms with Gasteiger partial charge in [-0.15, -0.1) is 0 Å². The lowest BCUT2D eigenvalue weighted by atomic mass is 10.0. The number of allylic oxidation sites excluding steroid dienone is 1. The van der Waals surface area contributed by atoms with Crippen LogP contribution >= 0.6 is 11.6 Å². The molecule has 0 radical (unpaired) electrons. The number of ether oxygens (including phenoxy) is 2. The summed E-state index contributed by atoms with van der Waals surface area (Å²) in [5, 5.41) is 14.8. The van der Waals surface area contributed by atoms with Crippen LogP contribution in [0.5, 0.6) is 11.5 Å². The summed E-state index contributed by atoms with van der Waals surface area (Å²) in [7, 11) is 1.61. The van der Waals surface area contributed by atoms with Gasteiger partial charge in [-0.25, -0.2) is 0 Å². The van der Waals surface area contributed by atoms with E-state index in [4.69, 9.17) is 21.1 Å². The highest BCUT2D eigenvalue weighted by Crippen LogP contribution is 2.31. The van der Waals surface area contributed by atoms with Crippen molar-refractivity contribution >= 4 is 17.2 Å². The van der Waals surface area contributed by atoms with Crippen molar-refractivity contribution in [2.45, 2.75) is 19.1 Å². The zero-order valence-electron chi connectivity index (χ0n) is 17.0. The van der Waals surface area contributed by atoms with Gasteiger partial charge in [0, 0.05) is 37.2 Å². The molecule has 0 spiro atoms. The zero-order valence-corrected chi connectivity index (χ0v) is 17.8. The van der Waals surface area contributed by atoms with Gasteiger partial charge in [-0.1, -0.05) is 48.0 Å². The van der Waals surface area contributed by atoms with Gasteiger partial charge in [0.2, 0.25) is 0 Å². The van der Waals surface area contributed by atoms with E-state index in [0.29, 0.717) is 18.0 Å². The minimum absolute atomic E-state index is 0.122. The number of nitrogens with zero attached hydrogens (tertiary/aromatic N) is 1. The average molecular weight is 417 g/mol. The highest BCUT2D eigenvalue weighted by Gasteiger charge is 2.27. The molecule has 0 bridgehead atoms. The van der Waals surface area contributed by atoms with E-state index in [9.17, 15) is 5.11 Å². The van der Waals surface area contributed by atoms with E-state index >= 15 is 0 Å². The first-order valence-electron chi connectivity index (χ1n) is 9.83. The molecule has 0 aromatic heterocycles. The van der Waals surface area contributed by atoms with Crippen LogP contribution in [-0.4, -0.2) is 56.0 Å². The van der Waals surface area contributed by atoms with Crippen LogP contribution in [-0.2, 0) is 0 Å². The monoisotopic (exact) mass is 416 g/mol. The summed E-state index contributed by atoms with van der Waals surface area (Å²) in [6.45, 7) is 9.10. The molecule has 5 nitrogen and oxygen atoms in total. The number of hydrogen-bond donors (Lipinski definition) is 2. The largest absolute Gasteiger partial charge is 0.493 e. The van der Waals surface area contributed by atoms with Gasteiger partial charge in [0.25, 0.3) is 0 Å². The van der Waals surface area contributed by atoms with Crippen LogP contribution in [0.25, 0.3) is 5.57 Å². The van der Waals surface area contributed by atoms with Crippen LogP contribution in [0.1, 0.15) is 24.1 Å². The minimum atomic E-state index is -0.636. The van der Waals surface area contributed by atoms with Crippen LogP contribution in [0.15, 0.2) is 49.0 Å². The van der Waals surface area contributed by atoms with Crippen molar-refractivity contribution in [1.29, 1.82) is 0 Å². The Morgan fingerprint density at radius 1 is 1.31 bits per heavy atom. The number of halogens is 1. The van der Waals surface area contributed by atoms with Crippen LogP contribution in [0.2, 0.25) is 5.02 Å². The summed E-state index contributed by atoms with van der Waals surface area (Å²) in [4.78, 5) is 2.26. The first kappa shape index (κ1) is 21.7. The second-order valence-electron chi connectivity index (χ2n) is 7.35. The van der Waals surface area contributed by atoms with Gasteiger partial charge in [-0.2, -0.15) is 0 Å². The molecule has 1 fully saturated rings. The molecule has 0 saturated carbocycles. The van der Waals surface area contributed by atoms with E-state index in [0.717, 1.165) is 41.4 Å². The summed E-state index contributed by atoms with van der Waals surface area (Å²) in [5.41, 5.74) is 3.03. The third-order valence-electron chi connectivity index (χ3n) is 5.15. The Morgan fingerprint density at radius 2 is 2.10 bits per heavy atom. The fourth-order valence-corrected chi connectivity index (χ4v) is 3.84. The van der Waals surface area contributed by atoms with Gasteiger partial charge >= 0.3 is 0 Å². The first-order chi connectivity index (χ1) is 14.0. The molecule has 1 saturated heterocycles. The smallest absolute Gasteiger partial charge is 0.161 e. The lowest BCUT2D eigenvalue weighted by molar-refractivity contribution is 0.0430. The van der Waals surface area contributed by atoms with E-state index in [1.54, 1.807) is 7.11 Å². The topological polar surface area (TPSA) is 54.0 Å². The van der Waals surface area contributed by atoms with Crippen LogP contribution in [0, 0.1) is 0 Å². The van der Waals surface area contributed by atoms with Crippen molar-refractivity contribution in [3.8, 4) is 11.5 Å². The number of hydrogen-bond acceptors (Lipinski definition) is 5. The fourth-order valence-electron chi connectivity index (χ4n) is 3.58. The van der Waals surface area contributed by atoms with E-state index < -0.39 is 6.10 Å². The Morgan fingerprint density at radius 3 is 2.83 bits per heavy atom. The summed E-state index contributed by atoms with van der Waals surface area (Å²) < 4.78 is 11.3. The number of nitrogens with one attached hydrogen (secondary N) is 1. The third-order valence-corrected chi connectivity index (χ3v) is 5.50. The molecule has 6 heteroatoms. The Hall–Kier alpha value is -2.05. The number of benzene rings is 2. The van der Waals surface area contributed by atoms with Gasteiger partial charge in [0.1, 0.15) is 12.7 Å². The normalized spacial score (nSPS) is 18.3. The predicted octanol–water partition coefficient (Wildman–Crippen LogP) is 3.77. The molecular weight excluding hydrogens is 388 g/mol. The van der Waals surface area contributed by atoms with Gasteiger partial charge in [-0.3, -0.25) is 4.90 Å². The Kier molecular flexibility index (Phi) is 7.56. The van der Waals surface area contributed by atoms with Crippen molar-refractivity contribution in [3.05, 3.63) is 65.2 Å². The molecule has 1 aliphatic heterocycles. The zero-order chi connectivity index (χ0) is 20.8. The highest BCUT2D eigenvalue weighted by atomic mass is 35.5. The number of aliphatic hydroxyl groups is 1. The molecule has 29 heavy (non-hydrogen) atoms. The van der Waals surface area contributed by atoms with Crippen LogP contribution in [0.4, 0.5) is 0 Å². The van der Waals surface area contributed by atoms with Crippen molar-refractivity contribution in [3.63, 3.8) is 0 Å². The molecule has 2 aromatic carbocycles. The van der Waals surface area contributed by atoms with Crippen molar-refractivity contribution in [2.24, 2.45) is 0 Å². The summed E-state index contributed by atoms with van der Waals surface area (Å²) in [6.07, 6.45) is -0.636. The second kappa shape index (κ2) is 10.1. The van der Waals surface area contributed by atoms with Crippen molar-refractivity contribution < 1.29 is 14.6 Å². The molecule has 1 aliphatic rings. The molecule has 3 rings (SSSR count). The molecule has 0 amide bonds. The molecule has 2 aromatic rings. The average Bonchev–Trinajstić information content (AvgIpc) is 2.73. The minimum Gasteiger partial charge on any atom is -0.493 e. The summed E-state index contributed by atoms with van der Waals surface area (Å²) >= 11 is 6.41. The summed E-state index contributed by atoms with van der Waals surface area (Å²) in [6, 6.07) is 13.7. The number of rotatable bonds is 8. The fraction of sp³-hybridized carbons (Fsp3) is 0.391. The van der Waals surface area contributed by atoms with Gasteiger partial charge in [0.05, 0.1) is 7.11 Å². The lowest BCUT2D eigenvalue weighted by Gasteiger charge is -2.38. The molecule has 156 valence electrons. The third kappa shape index (κ3) is 5.52. The van der Waals surface area contributed by atoms with Crippen LogP contribution in [0.3, 0.4) is 0 Å². The maximum atomic E-state index is 10.6. The van der Waals surface area contributed by atoms with E-state index in [1.165, 1.54) is 0 Å². The second-order valence-corrected chi connectivity index (χ2v) is 7.75. The standard InChI is InChI=1S/C23H29ClN2O3/c1-16(2)17-8-9-22(23(12-17)28-3)29-15-18(27)14-26-11-10-25-13-21(26)19-6-4-5-7-20(19)24/h4-9,12,18,21,25,27H,1,10-11,13-15H2,2-3H3. The molecule has 2 atom stereocenters. The molecule has 1 heterocycles. The molecule has 0 aliphatic carbocycles. The SMILES string of the molecule is C=C(C)c1ccc(OCC(O)CN2CCNCC2c2ccccc2Cl)c(OC)c1.